The Morgan fingerprint density at radius 1 is 1.15 bits per heavy atom. The van der Waals surface area contributed by atoms with Gasteiger partial charge in [0.15, 0.2) is 11.5 Å². The number of carbonyl (C=O) groups excluding carboxylic acids is 2. The van der Waals surface area contributed by atoms with E-state index in [0.29, 0.717) is 54.6 Å². The quantitative estimate of drug-likeness (QED) is 0.109. The molecule has 9 nitrogen and oxygen atoms in total. The van der Waals surface area contributed by atoms with E-state index in [0.717, 1.165) is 36.0 Å². The van der Waals surface area contributed by atoms with Gasteiger partial charge < -0.3 is 24.8 Å². The summed E-state index contributed by atoms with van der Waals surface area (Å²) in [5.41, 5.74) is 4.01. The number of likely N-dealkylation sites (tertiary alicyclic amines) is 1. The van der Waals surface area contributed by atoms with Crippen molar-refractivity contribution < 1.29 is 39.2 Å². The van der Waals surface area contributed by atoms with Crippen molar-refractivity contribution in [2.75, 3.05) is 26.9 Å². The molecule has 2 heterocycles. The van der Waals surface area contributed by atoms with Crippen LogP contribution in [-0.2, 0) is 19.1 Å². The number of ether oxygens (including phenoxy) is 2. The van der Waals surface area contributed by atoms with Gasteiger partial charge in [0, 0.05) is 18.9 Å². The number of carbonyl (C=O) groups is 3. The molecular weight excluding hydrogens is 641 g/mol. The number of phenols is 1. The molecule has 1 aromatic rings. The second kappa shape index (κ2) is 14.2. The largest absolute Gasteiger partial charge is 0.504 e. The summed E-state index contributed by atoms with van der Waals surface area (Å²) < 4.78 is 12.3. The second-order valence-corrected chi connectivity index (χ2v) is 12.3. The molecule has 0 spiro atoms. The van der Waals surface area contributed by atoms with Crippen LogP contribution in [0.3, 0.4) is 0 Å². The van der Waals surface area contributed by atoms with Gasteiger partial charge in [0.1, 0.15) is 0 Å². The van der Waals surface area contributed by atoms with Crippen molar-refractivity contribution in [3.05, 3.63) is 38.0 Å². The van der Waals surface area contributed by atoms with Crippen LogP contribution in [0, 0.1) is 21.3 Å². The summed E-state index contributed by atoms with van der Waals surface area (Å²) in [6.45, 7) is 2.63. The minimum atomic E-state index is -0.845. The van der Waals surface area contributed by atoms with E-state index in [4.69, 9.17) is 14.6 Å². The number of imide groups is 1. The van der Waals surface area contributed by atoms with E-state index >= 15 is 0 Å². The first-order valence-corrected chi connectivity index (χ1v) is 15.5. The third-order valence-electron chi connectivity index (χ3n) is 8.50. The lowest BCUT2D eigenvalue weighted by Crippen LogP contribution is -2.35. The number of nitrogens with zero attached hydrogens (tertiary/aromatic N) is 1. The van der Waals surface area contributed by atoms with Crippen molar-refractivity contribution in [3.63, 3.8) is 0 Å². The molecule has 1 aromatic carbocycles. The zero-order valence-corrected chi connectivity index (χ0v) is 25.9. The van der Waals surface area contributed by atoms with Crippen LogP contribution in [0.1, 0.15) is 70.3 Å². The van der Waals surface area contributed by atoms with Crippen molar-refractivity contribution in [2.24, 2.45) is 17.8 Å². The number of carboxylic acid groups (broad SMARTS) is 1. The molecule has 10 heteroatoms. The number of aromatic hydroxyl groups is 1. The Morgan fingerprint density at radius 2 is 1.93 bits per heavy atom. The van der Waals surface area contributed by atoms with Crippen LogP contribution < -0.4 is 4.74 Å². The number of aliphatic hydroxyl groups is 1. The first kappa shape index (κ1) is 31.5. The van der Waals surface area contributed by atoms with Gasteiger partial charge in [-0.05, 0) is 90.0 Å². The number of carboxylic acids is 1. The molecule has 0 saturated carbocycles. The summed E-state index contributed by atoms with van der Waals surface area (Å²) in [6, 6.07) is 3.74. The monoisotopic (exact) mass is 681 g/mol. The van der Waals surface area contributed by atoms with E-state index in [1.807, 2.05) is 12.1 Å². The number of halogens is 1. The smallest absolute Gasteiger partial charge is 0.303 e. The van der Waals surface area contributed by atoms with Gasteiger partial charge in [0.25, 0.3) is 0 Å². The van der Waals surface area contributed by atoms with E-state index in [2.05, 4.69) is 35.6 Å². The zero-order valence-electron chi connectivity index (χ0n) is 23.7. The van der Waals surface area contributed by atoms with E-state index in [1.54, 1.807) is 0 Å². The van der Waals surface area contributed by atoms with Crippen LogP contribution in [0.15, 0.2) is 28.9 Å². The van der Waals surface area contributed by atoms with Gasteiger partial charge in [-0.15, -0.1) is 0 Å². The van der Waals surface area contributed by atoms with Crippen LogP contribution in [0.2, 0.25) is 0 Å². The normalized spacial score (nSPS) is 24.2. The standard InChI is InChI=1S/C31H40INO8/c1-3-7-18(12-19-13-23(32)29(37)25(14-19)40-2)9-10-24-27-20(16-34)15-21-28(22(27)17-41-24)31(39)33(30(21)38)11-6-4-5-8-26(35)36/h12-14,21-22,24,28,34,37H,3-11,15-17H2,1-2H3,(H,35,36)/b18-12+/t21-,22+,24-,28-/m1/s1. The highest BCUT2D eigenvalue weighted by molar-refractivity contribution is 14.1. The van der Waals surface area contributed by atoms with Crippen LogP contribution >= 0.6 is 22.6 Å². The number of hydrogen-bond acceptors (Lipinski definition) is 7. The third kappa shape index (κ3) is 6.97. The summed E-state index contributed by atoms with van der Waals surface area (Å²) in [7, 11) is 1.53. The van der Waals surface area contributed by atoms with Gasteiger partial charge in [-0.3, -0.25) is 19.3 Å². The van der Waals surface area contributed by atoms with Gasteiger partial charge in [-0.1, -0.05) is 31.4 Å². The fourth-order valence-corrected chi connectivity index (χ4v) is 7.23. The average molecular weight is 682 g/mol. The van der Waals surface area contributed by atoms with Gasteiger partial charge in [-0.25, -0.2) is 0 Å². The number of allylic oxidation sites excluding steroid dienone is 1. The number of unbranched alkanes of at least 4 members (excludes halogenated alkanes) is 2. The van der Waals surface area contributed by atoms with Crippen molar-refractivity contribution in [1.82, 2.24) is 4.90 Å². The molecule has 224 valence electrons. The molecule has 2 saturated heterocycles. The Labute approximate surface area is 254 Å². The highest BCUT2D eigenvalue weighted by atomic mass is 127. The lowest BCUT2D eigenvalue weighted by molar-refractivity contribution is -0.141. The van der Waals surface area contributed by atoms with Crippen LogP contribution in [-0.4, -0.2) is 71.0 Å². The van der Waals surface area contributed by atoms with Crippen LogP contribution in [0.5, 0.6) is 11.5 Å². The molecule has 0 bridgehead atoms. The molecule has 4 atom stereocenters. The number of benzene rings is 1. The first-order valence-electron chi connectivity index (χ1n) is 14.5. The molecule has 3 aliphatic rings. The number of rotatable bonds is 14. The summed E-state index contributed by atoms with van der Waals surface area (Å²) in [6.07, 6.45) is 7.47. The molecule has 2 aliphatic heterocycles. The van der Waals surface area contributed by atoms with E-state index in [-0.39, 0.29) is 42.6 Å². The Hall–Kier alpha value is -2.44. The maximum absolute atomic E-state index is 13.5. The zero-order chi connectivity index (χ0) is 29.7. The van der Waals surface area contributed by atoms with E-state index in [9.17, 15) is 24.6 Å². The molecule has 0 unspecified atom stereocenters. The SMILES string of the molecule is CCC/C(=C\c1cc(I)c(O)c(OC)c1)CC[C@H]1OC[C@H]2C1=C(CO)C[C@H]1C(=O)N(CCCCCC(=O)O)C(=O)[C@H]12. The minimum absolute atomic E-state index is 0.0820. The molecule has 0 aromatic heterocycles. The van der Waals surface area contributed by atoms with Crippen molar-refractivity contribution in [2.45, 2.75) is 70.8 Å². The van der Waals surface area contributed by atoms with E-state index < -0.39 is 17.8 Å². The summed E-state index contributed by atoms with van der Waals surface area (Å²) in [4.78, 5) is 38.8. The van der Waals surface area contributed by atoms with Gasteiger partial charge >= 0.3 is 5.97 Å². The molecule has 3 N–H and O–H groups in total. The minimum Gasteiger partial charge on any atom is -0.504 e. The Bertz CT molecular complexity index is 1220. The first-order chi connectivity index (χ1) is 19.7. The number of aliphatic hydroxyl groups excluding tert-OH is 1. The maximum Gasteiger partial charge on any atom is 0.303 e. The number of phenolic OH excluding ortho intramolecular Hbond substituents is 1. The average Bonchev–Trinajstić information content (AvgIpc) is 3.47. The summed E-state index contributed by atoms with van der Waals surface area (Å²) >= 11 is 2.09. The molecule has 1 aliphatic carbocycles. The van der Waals surface area contributed by atoms with Crippen molar-refractivity contribution in [3.8, 4) is 11.5 Å². The third-order valence-corrected chi connectivity index (χ3v) is 9.33. The lowest BCUT2D eigenvalue weighted by Gasteiger charge is -2.31. The number of methoxy groups -OCH3 is 1. The number of amides is 2. The molecular formula is C31H40INO8. The summed E-state index contributed by atoms with van der Waals surface area (Å²) in [5.74, 6) is -1.78. The molecule has 2 amide bonds. The van der Waals surface area contributed by atoms with Gasteiger partial charge in [0.2, 0.25) is 11.8 Å². The highest BCUT2D eigenvalue weighted by Gasteiger charge is 2.56. The van der Waals surface area contributed by atoms with Crippen molar-refractivity contribution >= 4 is 46.5 Å². The lowest BCUT2D eigenvalue weighted by atomic mass is 9.69. The predicted octanol–water partition coefficient (Wildman–Crippen LogP) is 4.92. The molecule has 41 heavy (non-hydrogen) atoms. The topological polar surface area (TPSA) is 134 Å². The Morgan fingerprint density at radius 3 is 2.61 bits per heavy atom. The fraction of sp³-hybridized carbons (Fsp3) is 0.581. The second-order valence-electron chi connectivity index (χ2n) is 11.2. The van der Waals surface area contributed by atoms with Gasteiger partial charge in [-0.2, -0.15) is 0 Å². The molecule has 2 fully saturated rings. The number of hydrogen-bond donors (Lipinski definition) is 3. The van der Waals surface area contributed by atoms with Crippen molar-refractivity contribution in [1.29, 1.82) is 0 Å². The molecule has 0 radical (unpaired) electrons. The Balaban J connectivity index is 1.46. The maximum atomic E-state index is 13.5. The number of aliphatic carboxylic acids is 1. The summed E-state index contributed by atoms with van der Waals surface area (Å²) in [5, 5.41) is 29.3. The highest BCUT2D eigenvalue weighted by Crippen LogP contribution is 2.50. The number of fused-ring (bicyclic) bond motifs is 3. The molecule has 4 rings (SSSR count). The fourth-order valence-electron chi connectivity index (χ4n) is 6.60. The van der Waals surface area contributed by atoms with Crippen LogP contribution in [0.25, 0.3) is 6.08 Å². The van der Waals surface area contributed by atoms with Gasteiger partial charge in [0.05, 0.1) is 41.8 Å². The predicted molar refractivity (Wildman–Crippen MR) is 161 cm³/mol. The van der Waals surface area contributed by atoms with E-state index in [1.165, 1.54) is 17.6 Å². The Kier molecular flexibility index (Phi) is 10.9. The van der Waals surface area contributed by atoms with Crippen LogP contribution in [0.4, 0.5) is 0 Å².